The van der Waals surface area contributed by atoms with Crippen molar-refractivity contribution < 1.29 is 44.1 Å². The third kappa shape index (κ3) is 11.8. The van der Waals surface area contributed by atoms with Gasteiger partial charge in [0.15, 0.2) is 0 Å². The molecule has 0 saturated heterocycles. The smallest absolute Gasteiger partial charge is 0.326 e. The number of rotatable bonds is 17. The van der Waals surface area contributed by atoms with E-state index >= 15 is 0 Å². The van der Waals surface area contributed by atoms with Crippen molar-refractivity contribution in [1.82, 2.24) is 16.0 Å². The Hall–Kier alpha value is -4.20. The molecule has 0 aliphatic rings. The maximum atomic E-state index is 13.1. The van der Waals surface area contributed by atoms with Crippen molar-refractivity contribution in [3.63, 3.8) is 0 Å². The molecule has 0 heterocycles. The molecule has 14 nitrogen and oxygen atoms in total. The fourth-order valence-electron chi connectivity index (χ4n) is 3.53. The summed E-state index contributed by atoms with van der Waals surface area (Å²) in [6.45, 7) is 3.43. The molecule has 0 aromatic heterocycles. The minimum Gasteiger partial charge on any atom is -0.508 e. The lowest BCUT2D eigenvalue weighted by atomic mass is 9.96. The minimum atomic E-state index is -1.34. The number of aromatic hydroxyl groups is 1. The largest absolute Gasteiger partial charge is 0.508 e. The van der Waals surface area contributed by atoms with Crippen LogP contribution in [-0.4, -0.2) is 75.1 Å². The molecule has 0 aliphatic heterocycles. The van der Waals surface area contributed by atoms with Crippen LogP contribution < -0.4 is 27.4 Å². The third-order valence-corrected chi connectivity index (χ3v) is 6.10. The summed E-state index contributed by atoms with van der Waals surface area (Å²) in [5.74, 6) is -6.11. The molecule has 0 bridgehead atoms. The van der Waals surface area contributed by atoms with Gasteiger partial charge in [-0.05, 0) is 36.5 Å². The highest BCUT2D eigenvalue weighted by molar-refractivity contribution is 5.94. The van der Waals surface area contributed by atoms with Crippen molar-refractivity contribution in [1.29, 1.82) is 0 Å². The molecule has 1 aromatic carbocycles. The Labute approximate surface area is 225 Å². The number of phenolic OH excluding ortho intramolecular Hbond substituents is 1. The fraction of sp³-hybridized carbons (Fsp3) is 0.520. The molecule has 0 saturated carbocycles. The number of hydrogen-bond acceptors (Lipinski definition) is 8. The number of aliphatic carboxylic acids is 2. The van der Waals surface area contributed by atoms with Crippen LogP contribution in [0, 0.1) is 5.92 Å². The number of amides is 4. The molecular weight excluding hydrogens is 514 g/mol. The highest BCUT2D eigenvalue weighted by atomic mass is 16.4. The summed E-state index contributed by atoms with van der Waals surface area (Å²) in [6, 6.07) is 0.679. The van der Waals surface area contributed by atoms with Crippen molar-refractivity contribution >= 4 is 35.6 Å². The maximum absolute atomic E-state index is 13.1. The first kappa shape index (κ1) is 32.8. The van der Waals surface area contributed by atoms with Gasteiger partial charge in [0.05, 0.1) is 6.04 Å². The number of phenols is 1. The molecule has 0 radical (unpaired) electrons. The first-order chi connectivity index (χ1) is 18.2. The number of nitrogens with one attached hydrogen (secondary N) is 3. The fourth-order valence-corrected chi connectivity index (χ4v) is 3.53. The van der Waals surface area contributed by atoms with Gasteiger partial charge in [-0.15, -0.1) is 0 Å². The van der Waals surface area contributed by atoms with Crippen LogP contribution in [0.15, 0.2) is 24.3 Å². The van der Waals surface area contributed by atoms with Crippen LogP contribution in [0.1, 0.15) is 51.5 Å². The summed E-state index contributed by atoms with van der Waals surface area (Å²) < 4.78 is 0. The van der Waals surface area contributed by atoms with Crippen molar-refractivity contribution in [2.75, 3.05) is 0 Å². The molecule has 0 spiro atoms. The van der Waals surface area contributed by atoms with Gasteiger partial charge in [-0.1, -0.05) is 32.4 Å². The molecule has 5 atom stereocenters. The highest BCUT2D eigenvalue weighted by Crippen LogP contribution is 2.13. The molecule has 0 fully saturated rings. The van der Waals surface area contributed by atoms with Crippen LogP contribution >= 0.6 is 0 Å². The second-order valence-corrected chi connectivity index (χ2v) is 9.25. The van der Waals surface area contributed by atoms with Gasteiger partial charge in [-0.25, -0.2) is 4.79 Å². The number of carboxylic acids is 2. The van der Waals surface area contributed by atoms with Gasteiger partial charge in [0.1, 0.15) is 23.9 Å². The number of carbonyl (C=O) groups is 6. The Balaban J connectivity index is 3.05. The third-order valence-electron chi connectivity index (χ3n) is 6.10. The molecule has 1 rings (SSSR count). The Morgan fingerprint density at radius 1 is 0.846 bits per heavy atom. The Bertz CT molecular complexity index is 1030. The van der Waals surface area contributed by atoms with E-state index in [0.29, 0.717) is 12.0 Å². The van der Waals surface area contributed by atoms with Crippen molar-refractivity contribution in [3.8, 4) is 5.75 Å². The van der Waals surface area contributed by atoms with E-state index in [1.807, 2.05) is 0 Å². The van der Waals surface area contributed by atoms with E-state index in [1.54, 1.807) is 13.8 Å². The number of nitrogens with two attached hydrogens (primary N) is 2. The molecule has 1 aromatic rings. The normalized spacial score (nSPS) is 14.6. The molecule has 4 amide bonds. The summed E-state index contributed by atoms with van der Waals surface area (Å²) in [4.78, 5) is 72.6. The molecule has 39 heavy (non-hydrogen) atoms. The van der Waals surface area contributed by atoms with Crippen LogP contribution in [0.3, 0.4) is 0 Å². The van der Waals surface area contributed by atoms with E-state index in [9.17, 15) is 39.0 Å². The summed E-state index contributed by atoms with van der Waals surface area (Å²) in [5, 5.41) is 35.2. The summed E-state index contributed by atoms with van der Waals surface area (Å²) in [5.41, 5.74) is 11.4. The number of hydrogen-bond donors (Lipinski definition) is 8. The predicted molar refractivity (Wildman–Crippen MR) is 138 cm³/mol. The van der Waals surface area contributed by atoms with E-state index < -0.39 is 65.7 Å². The van der Waals surface area contributed by atoms with Crippen molar-refractivity contribution in [2.45, 2.75) is 76.5 Å². The van der Waals surface area contributed by atoms with Gasteiger partial charge in [-0.2, -0.15) is 0 Å². The van der Waals surface area contributed by atoms with Gasteiger partial charge in [0, 0.05) is 19.3 Å². The van der Waals surface area contributed by atoms with E-state index in [4.69, 9.17) is 16.6 Å². The summed E-state index contributed by atoms with van der Waals surface area (Å²) >= 11 is 0. The van der Waals surface area contributed by atoms with Crippen LogP contribution in [0.4, 0.5) is 0 Å². The zero-order valence-electron chi connectivity index (χ0n) is 21.9. The number of primary amides is 1. The average molecular weight is 552 g/mol. The molecular formula is C25H37N5O9. The Kier molecular flexibility index (Phi) is 13.4. The minimum absolute atomic E-state index is 0.00460. The summed E-state index contributed by atoms with van der Waals surface area (Å²) in [6.07, 6.45) is -0.734. The zero-order valence-corrected chi connectivity index (χ0v) is 21.9. The first-order valence-corrected chi connectivity index (χ1v) is 12.4. The second kappa shape index (κ2) is 15.9. The quantitative estimate of drug-likeness (QED) is 0.117. The van der Waals surface area contributed by atoms with Crippen LogP contribution in [0.25, 0.3) is 0 Å². The topological polar surface area (TPSA) is 251 Å². The average Bonchev–Trinajstić information content (AvgIpc) is 2.87. The SMILES string of the molecule is CCC(C)C(NC(=O)C(CCC(N)=O)NC(=O)C(N)CCC(=O)O)C(=O)NC(Cc1ccc(O)cc1)C(=O)O. The van der Waals surface area contributed by atoms with Crippen LogP contribution in [0.5, 0.6) is 5.75 Å². The predicted octanol–water partition coefficient (Wildman–Crippen LogP) is -1.02. The van der Waals surface area contributed by atoms with Gasteiger partial charge >= 0.3 is 11.9 Å². The van der Waals surface area contributed by atoms with E-state index in [2.05, 4.69) is 16.0 Å². The zero-order chi connectivity index (χ0) is 29.7. The van der Waals surface area contributed by atoms with Gasteiger partial charge < -0.3 is 42.7 Å². The van der Waals surface area contributed by atoms with Gasteiger partial charge in [0.2, 0.25) is 23.6 Å². The number of carboxylic acid groups (broad SMARTS) is 2. The van der Waals surface area contributed by atoms with Crippen molar-refractivity contribution in [3.05, 3.63) is 29.8 Å². The number of carbonyl (C=O) groups excluding carboxylic acids is 4. The van der Waals surface area contributed by atoms with E-state index in [-0.39, 0.29) is 37.9 Å². The standard InChI is InChI=1S/C25H37N5O9/c1-3-13(2)21(24(37)29-18(25(38)39)12-14-4-6-15(31)7-5-14)30-23(36)17(9-10-19(27)32)28-22(35)16(26)8-11-20(33)34/h4-7,13,16-18,21,31H,3,8-12,26H2,1-2H3,(H2,27,32)(H,28,35)(H,29,37)(H,30,36)(H,33,34)(H,38,39). The highest BCUT2D eigenvalue weighted by Gasteiger charge is 2.33. The lowest BCUT2D eigenvalue weighted by Crippen LogP contribution is -2.59. The Morgan fingerprint density at radius 3 is 1.95 bits per heavy atom. The van der Waals surface area contributed by atoms with Gasteiger partial charge in [0.25, 0.3) is 0 Å². The lowest BCUT2D eigenvalue weighted by Gasteiger charge is -2.28. The van der Waals surface area contributed by atoms with E-state index in [0.717, 1.165) is 0 Å². The maximum Gasteiger partial charge on any atom is 0.326 e. The Morgan fingerprint density at radius 2 is 1.44 bits per heavy atom. The van der Waals surface area contributed by atoms with E-state index in [1.165, 1.54) is 24.3 Å². The molecule has 216 valence electrons. The number of benzene rings is 1. The molecule has 5 unspecified atom stereocenters. The first-order valence-electron chi connectivity index (χ1n) is 12.4. The summed E-state index contributed by atoms with van der Waals surface area (Å²) in [7, 11) is 0. The molecule has 14 heteroatoms. The van der Waals surface area contributed by atoms with Gasteiger partial charge in [-0.3, -0.25) is 24.0 Å². The van der Waals surface area contributed by atoms with Crippen LogP contribution in [-0.2, 0) is 35.2 Å². The van der Waals surface area contributed by atoms with Crippen molar-refractivity contribution in [2.24, 2.45) is 17.4 Å². The lowest BCUT2D eigenvalue weighted by molar-refractivity contribution is -0.142. The van der Waals surface area contributed by atoms with Crippen LogP contribution in [0.2, 0.25) is 0 Å². The monoisotopic (exact) mass is 551 g/mol. The second-order valence-electron chi connectivity index (χ2n) is 9.25. The molecule has 0 aliphatic carbocycles. The molecule has 10 N–H and O–H groups in total.